The Hall–Kier alpha value is -3.32. The number of nitrogens with zero attached hydrogens (tertiary/aromatic N) is 2. The molecule has 6 rings (SSSR count). The number of hydrogen-bond acceptors (Lipinski definition) is 2. The van der Waals surface area contributed by atoms with E-state index in [0.717, 1.165) is 55.5 Å². The first-order valence-corrected chi connectivity index (χ1v) is 12.5. The number of benzene rings is 3. The molecule has 0 aromatic heterocycles. The molecular weight excluding hydrogens is 465 g/mol. The number of ether oxygens (including phenoxy) is 1. The monoisotopic (exact) mass is 495 g/mol. The molecule has 1 amide bonds. The fourth-order valence-corrected chi connectivity index (χ4v) is 5.60. The van der Waals surface area contributed by atoms with Crippen molar-refractivity contribution in [1.82, 2.24) is 0 Å². The number of carbonyl (C=O) groups is 1. The third-order valence-electron chi connectivity index (χ3n) is 7.65. The third kappa shape index (κ3) is 5.57. The largest absolute Gasteiger partial charge is 0.440 e. The molecule has 3 aliphatic heterocycles. The van der Waals surface area contributed by atoms with Crippen LogP contribution in [0.3, 0.4) is 0 Å². The maximum absolute atomic E-state index is 14.0. The molecule has 3 heterocycles. The summed E-state index contributed by atoms with van der Waals surface area (Å²) in [5.74, 6) is -0.745. The maximum Gasteiger partial charge on any atom is 0.415 e. The van der Waals surface area contributed by atoms with Crippen LogP contribution >= 0.6 is 0 Å². The molecule has 0 spiro atoms. The molecule has 4 nitrogen and oxygen atoms in total. The lowest BCUT2D eigenvalue weighted by atomic mass is 9.83. The van der Waals surface area contributed by atoms with Crippen LogP contribution in [0.15, 0.2) is 72.8 Å². The molecule has 0 unspecified atom stereocenters. The SMILES string of the molecule is O=C(O[C@H]1C[N+]2(CCc3cccc(F)c3)CCC1CC2)N(Cc1ccc(F)cc1)c1cccc(F)c1. The average molecular weight is 496 g/mol. The van der Waals surface area contributed by atoms with Gasteiger partial charge in [0.15, 0.2) is 6.10 Å². The van der Waals surface area contributed by atoms with Crippen molar-refractivity contribution in [2.45, 2.75) is 31.9 Å². The van der Waals surface area contributed by atoms with Gasteiger partial charge >= 0.3 is 6.09 Å². The van der Waals surface area contributed by atoms with Gasteiger partial charge in [0.25, 0.3) is 0 Å². The number of quaternary nitrogens is 1. The second kappa shape index (κ2) is 10.3. The number of halogens is 3. The molecule has 1 atom stereocenters. The molecule has 3 aromatic rings. The minimum atomic E-state index is -0.535. The Bertz CT molecular complexity index is 1210. The summed E-state index contributed by atoms with van der Waals surface area (Å²) in [7, 11) is 0. The number of anilines is 1. The zero-order chi connectivity index (χ0) is 25.1. The molecule has 0 radical (unpaired) electrons. The van der Waals surface area contributed by atoms with Crippen LogP contribution in [0.25, 0.3) is 0 Å². The molecule has 3 aliphatic rings. The number of hydrogen-bond donors (Lipinski definition) is 0. The van der Waals surface area contributed by atoms with Crippen LogP contribution in [0.2, 0.25) is 0 Å². The fourth-order valence-electron chi connectivity index (χ4n) is 5.60. The van der Waals surface area contributed by atoms with Crippen LogP contribution in [0.5, 0.6) is 0 Å². The summed E-state index contributed by atoms with van der Waals surface area (Å²) in [4.78, 5) is 14.9. The van der Waals surface area contributed by atoms with Gasteiger partial charge in [-0.1, -0.05) is 30.3 Å². The Morgan fingerprint density at radius 1 is 0.861 bits per heavy atom. The Balaban J connectivity index is 1.30. The summed E-state index contributed by atoms with van der Waals surface area (Å²) in [5, 5.41) is 0. The van der Waals surface area contributed by atoms with Crippen molar-refractivity contribution >= 4 is 11.8 Å². The Labute approximate surface area is 209 Å². The smallest absolute Gasteiger partial charge is 0.415 e. The summed E-state index contributed by atoms with van der Waals surface area (Å²) >= 11 is 0. The highest BCUT2D eigenvalue weighted by Crippen LogP contribution is 2.36. The van der Waals surface area contributed by atoms with E-state index < -0.39 is 11.9 Å². The molecule has 0 saturated carbocycles. The molecule has 36 heavy (non-hydrogen) atoms. The van der Waals surface area contributed by atoms with Crippen LogP contribution < -0.4 is 4.90 Å². The number of piperidine rings is 3. The minimum absolute atomic E-state index is 0.138. The van der Waals surface area contributed by atoms with Crippen molar-refractivity contribution in [3.63, 3.8) is 0 Å². The molecule has 3 saturated heterocycles. The van der Waals surface area contributed by atoms with Crippen molar-refractivity contribution in [3.05, 3.63) is 101 Å². The number of carbonyl (C=O) groups excluding carboxylic acids is 1. The van der Waals surface area contributed by atoms with E-state index in [-0.39, 0.29) is 24.3 Å². The molecular formula is C29H30F3N2O2+. The summed E-state index contributed by atoms with van der Waals surface area (Å²) < 4.78 is 48.0. The number of fused-ring (bicyclic) bond motifs is 3. The van der Waals surface area contributed by atoms with Crippen molar-refractivity contribution in [2.75, 3.05) is 31.1 Å². The minimum Gasteiger partial charge on any atom is -0.440 e. The van der Waals surface area contributed by atoms with E-state index in [1.165, 1.54) is 35.2 Å². The van der Waals surface area contributed by atoms with Gasteiger partial charge in [-0.3, -0.25) is 4.90 Å². The van der Waals surface area contributed by atoms with Crippen molar-refractivity contribution in [1.29, 1.82) is 0 Å². The second-order valence-electron chi connectivity index (χ2n) is 10.0. The normalized spacial score (nSPS) is 22.9. The number of rotatable bonds is 7. The van der Waals surface area contributed by atoms with Crippen LogP contribution in [-0.4, -0.2) is 42.9 Å². The fraction of sp³-hybridized carbons (Fsp3) is 0.345. The molecule has 188 valence electrons. The summed E-state index contributed by atoms with van der Waals surface area (Å²) in [6, 6.07) is 18.4. The zero-order valence-electron chi connectivity index (χ0n) is 20.1. The molecule has 3 aromatic carbocycles. The van der Waals surface area contributed by atoms with Gasteiger partial charge in [-0.15, -0.1) is 0 Å². The molecule has 0 N–H and O–H groups in total. The Morgan fingerprint density at radius 3 is 2.25 bits per heavy atom. The van der Waals surface area contributed by atoms with Gasteiger partial charge in [-0.25, -0.2) is 18.0 Å². The summed E-state index contributed by atoms with van der Waals surface area (Å²) in [6.45, 7) is 3.78. The van der Waals surface area contributed by atoms with E-state index in [2.05, 4.69) is 0 Å². The van der Waals surface area contributed by atoms with E-state index in [4.69, 9.17) is 4.74 Å². The first kappa shape index (κ1) is 24.4. The molecule has 2 bridgehead atoms. The van der Waals surface area contributed by atoms with E-state index in [1.54, 1.807) is 36.4 Å². The van der Waals surface area contributed by atoms with Crippen LogP contribution in [-0.2, 0) is 17.7 Å². The highest BCUT2D eigenvalue weighted by Gasteiger charge is 2.47. The quantitative estimate of drug-likeness (QED) is 0.371. The first-order valence-electron chi connectivity index (χ1n) is 12.5. The Kier molecular flexibility index (Phi) is 7.01. The van der Waals surface area contributed by atoms with Crippen LogP contribution in [0.4, 0.5) is 23.7 Å². The predicted molar refractivity (Wildman–Crippen MR) is 132 cm³/mol. The first-order chi connectivity index (χ1) is 17.4. The van der Waals surface area contributed by atoms with E-state index >= 15 is 0 Å². The lowest BCUT2D eigenvalue weighted by Crippen LogP contribution is -2.65. The van der Waals surface area contributed by atoms with Gasteiger partial charge in [0, 0.05) is 25.2 Å². The lowest BCUT2D eigenvalue weighted by molar-refractivity contribution is -0.945. The average Bonchev–Trinajstić information content (AvgIpc) is 2.88. The van der Waals surface area contributed by atoms with E-state index in [0.29, 0.717) is 17.2 Å². The van der Waals surface area contributed by atoms with Crippen LogP contribution in [0.1, 0.15) is 24.0 Å². The van der Waals surface area contributed by atoms with Gasteiger partial charge in [0.2, 0.25) is 0 Å². The second-order valence-corrected chi connectivity index (χ2v) is 10.0. The van der Waals surface area contributed by atoms with E-state index in [9.17, 15) is 18.0 Å². The van der Waals surface area contributed by atoms with E-state index in [1.807, 2.05) is 6.07 Å². The topological polar surface area (TPSA) is 29.5 Å². The lowest BCUT2D eigenvalue weighted by Gasteiger charge is -2.52. The van der Waals surface area contributed by atoms with Gasteiger partial charge in [0.1, 0.15) is 24.0 Å². The highest BCUT2D eigenvalue weighted by molar-refractivity contribution is 5.87. The zero-order valence-corrected chi connectivity index (χ0v) is 20.1. The predicted octanol–water partition coefficient (Wildman–Crippen LogP) is 6.10. The van der Waals surface area contributed by atoms with Gasteiger partial charge in [-0.05, 0) is 53.6 Å². The maximum atomic E-state index is 14.0. The van der Waals surface area contributed by atoms with Crippen LogP contribution in [0, 0.1) is 23.4 Å². The summed E-state index contributed by atoms with van der Waals surface area (Å²) in [6.07, 6.45) is 1.94. The van der Waals surface area contributed by atoms with Gasteiger partial charge in [0.05, 0.1) is 31.9 Å². The molecule has 0 aliphatic carbocycles. The van der Waals surface area contributed by atoms with Gasteiger partial charge < -0.3 is 9.22 Å². The van der Waals surface area contributed by atoms with Gasteiger partial charge in [-0.2, -0.15) is 0 Å². The molecule has 3 fully saturated rings. The standard InChI is InChI=1S/C29H30F3N2O2/c30-24-9-7-22(8-10-24)19-33(27-6-2-5-26(32)18-27)29(35)36-28-20-34(15-12-23(28)13-16-34)14-11-21-3-1-4-25(31)17-21/h1-10,17-18,23,28H,11-16,19-20H2/q+1/t23?,28-,34?/m0/s1. The Morgan fingerprint density at radius 2 is 1.56 bits per heavy atom. The van der Waals surface area contributed by atoms with Crippen molar-refractivity contribution in [2.24, 2.45) is 5.92 Å². The number of amides is 1. The summed E-state index contributed by atoms with van der Waals surface area (Å²) in [5.41, 5.74) is 2.08. The van der Waals surface area contributed by atoms with Crippen molar-refractivity contribution in [3.8, 4) is 0 Å². The highest BCUT2D eigenvalue weighted by atomic mass is 19.1. The third-order valence-corrected chi connectivity index (χ3v) is 7.65. The molecule has 7 heteroatoms. The van der Waals surface area contributed by atoms with Crippen molar-refractivity contribution < 1.29 is 27.2 Å².